The highest BCUT2D eigenvalue weighted by Gasteiger charge is 2.27. The summed E-state index contributed by atoms with van der Waals surface area (Å²) >= 11 is 0. The molecule has 3 nitrogen and oxygen atoms in total. The van der Waals surface area contributed by atoms with Crippen molar-refractivity contribution in [3.63, 3.8) is 0 Å². The number of amides is 1. The van der Waals surface area contributed by atoms with Gasteiger partial charge in [-0.1, -0.05) is 24.3 Å². The molecule has 1 amide bonds. The first-order valence-electron chi connectivity index (χ1n) is 5.63. The molecule has 0 spiro atoms. The van der Waals surface area contributed by atoms with Gasteiger partial charge in [0.05, 0.1) is 5.54 Å². The third-order valence-electron chi connectivity index (χ3n) is 2.97. The summed E-state index contributed by atoms with van der Waals surface area (Å²) in [5, 5.41) is 3.00. The van der Waals surface area contributed by atoms with Crippen LogP contribution in [0.5, 0.6) is 0 Å². The molecule has 1 aromatic rings. The second-order valence-corrected chi connectivity index (χ2v) is 5.07. The summed E-state index contributed by atoms with van der Waals surface area (Å²) in [5.74, 6) is -0.0784. The Hall–Kier alpha value is -1.35. The highest BCUT2D eigenvalue weighted by atomic mass is 16.2. The van der Waals surface area contributed by atoms with Crippen LogP contribution < -0.4 is 11.1 Å². The number of nitrogens with one attached hydrogen (secondary N) is 1. The number of carbonyl (C=O) groups is 1. The molecule has 86 valence electrons. The van der Waals surface area contributed by atoms with Gasteiger partial charge < -0.3 is 11.1 Å². The van der Waals surface area contributed by atoms with Gasteiger partial charge in [0.1, 0.15) is 0 Å². The molecule has 1 aromatic carbocycles. The summed E-state index contributed by atoms with van der Waals surface area (Å²) in [6, 6.07) is 8.52. The number of hydrogen-bond acceptors (Lipinski definition) is 2. The van der Waals surface area contributed by atoms with Crippen LogP contribution in [0.15, 0.2) is 24.3 Å². The molecule has 0 radical (unpaired) electrons. The van der Waals surface area contributed by atoms with Crippen LogP contribution in [0.2, 0.25) is 0 Å². The molecular formula is C13H18N2O. The van der Waals surface area contributed by atoms with Gasteiger partial charge in [-0.3, -0.25) is 4.79 Å². The Morgan fingerprint density at radius 1 is 1.31 bits per heavy atom. The quantitative estimate of drug-likeness (QED) is 0.778. The zero-order valence-corrected chi connectivity index (χ0v) is 9.79. The van der Waals surface area contributed by atoms with Crippen molar-refractivity contribution in [3.8, 4) is 0 Å². The molecule has 0 atom stereocenters. The maximum Gasteiger partial charge on any atom is 0.239 e. The first-order valence-corrected chi connectivity index (χ1v) is 5.63. The smallest absolute Gasteiger partial charge is 0.239 e. The molecule has 3 N–H and O–H groups in total. The predicted molar refractivity (Wildman–Crippen MR) is 64.0 cm³/mol. The van der Waals surface area contributed by atoms with E-state index in [2.05, 4.69) is 17.4 Å². The maximum absolute atomic E-state index is 11.7. The lowest BCUT2D eigenvalue weighted by Gasteiger charge is -2.21. The average molecular weight is 218 g/mol. The van der Waals surface area contributed by atoms with Crippen LogP contribution in [0, 0.1) is 0 Å². The van der Waals surface area contributed by atoms with Crippen molar-refractivity contribution in [3.05, 3.63) is 35.4 Å². The summed E-state index contributed by atoms with van der Waals surface area (Å²) in [6.45, 7) is 3.45. The normalized spacial score (nSPS) is 15.9. The van der Waals surface area contributed by atoms with Crippen molar-refractivity contribution >= 4 is 5.91 Å². The predicted octanol–water partition coefficient (Wildman–Crippen LogP) is 1.01. The second-order valence-electron chi connectivity index (χ2n) is 5.07. The number of rotatable bonds is 2. The number of carbonyl (C=O) groups excluding carboxylic acids is 1. The van der Waals surface area contributed by atoms with Crippen LogP contribution in [0.1, 0.15) is 25.0 Å². The van der Waals surface area contributed by atoms with Crippen molar-refractivity contribution in [2.24, 2.45) is 5.73 Å². The molecule has 16 heavy (non-hydrogen) atoms. The van der Waals surface area contributed by atoms with Gasteiger partial charge in [0, 0.05) is 6.04 Å². The second kappa shape index (κ2) is 3.91. The number of hydrogen-bond donors (Lipinski definition) is 2. The van der Waals surface area contributed by atoms with Gasteiger partial charge in [-0.2, -0.15) is 0 Å². The van der Waals surface area contributed by atoms with Gasteiger partial charge in [0.2, 0.25) is 5.91 Å². The maximum atomic E-state index is 11.7. The van der Waals surface area contributed by atoms with Gasteiger partial charge in [-0.25, -0.2) is 0 Å². The fourth-order valence-corrected chi connectivity index (χ4v) is 2.03. The Morgan fingerprint density at radius 3 is 2.25 bits per heavy atom. The minimum atomic E-state index is -0.797. The van der Waals surface area contributed by atoms with Crippen LogP contribution >= 0.6 is 0 Å². The van der Waals surface area contributed by atoms with Gasteiger partial charge in [-0.15, -0.1) is 0 Å². The molecule has 2 rings (SSSR count). The van der Waals surface area contributed by atoms with Crippen LogP contribution in [0.25, 0.3) is 0 Å². The Balaban J connectivity index is 2.00. The van der Waals surface area contributed by atoms with Gasteiger partial charge in [-0.05, 0) is 37.8 Å². The van der Waals surface area contributed by atoms with Crippen molar-refractivity contribution in [1.29, 1.82) is 0 Å². The number of fused-ring (bicyclic) bond motifs is 1. The van der Waals surface area contributed by atoms with Crippen LogP contribution in [-0.4, -0.2) is 17.5 Å². The van der Waals surface area contributed by atoms with Crippen LogP contribution in [0.3, 0.4) is 0 Å². The third kappa shape index (κ3) is 2.25. The molecular weight excluding hydrogens is 200 g/mol. The average Bonchev–Trinajstić information content (AvgIpc) is 2.58. The summed E-state index contributed by atoms with van der Waals surface area (Å²) < 4.78 is 0. The zero-order chi connectivity index (χ0) is 11.8. The molecule has 0 heterocycles. The molecule has 0 saturated carbocycles. The van der Waals surface area contributed by atoms with Crippen molar-refractivity contribution < 1.29 is 4.79 Å². The molecule has 0 unspecified atom stereocenters. The minimum absolute atomic E-state index is 0.0784. The van der Waals surface area contributed by atoms with Crippen LogP contribution in [0.4, 0.5) is 0 Å². The Bertz CT molecular complexity index is 382. The van der Waals surface area contributed by atoms with Gasteiger partial charge >= 0.3 is 0 Å². The Morgan fingerprint density at radius 2 is 1.81 bits per heavy atom. The largest absolute Gasteiger partial charge is 0.351 e. The molecule has 0 aromatic heterocycles. The summed E-state index contributed by atoms with van der Waals surface area (Å²) in [7, 11) is 0. The monoisotopic (exact) mass is 218 g/mol. The fraction of sp³-hybridized carbons (Fsp3) is 0.462. The molecule has 0 aliphatic heterocycles. The molecule has 1 aliphatic rings. The van der Waals surface area contributed by atoms with Crippen LogP contribution in [-0.2, 0) is 17.6 Å². The standard InChI is InChI=1S/C13H18N2O/c1-13(2,14)12(16)15-11-7-9-5-3-4-6-10(9)8-11/h3-6,11H,7-8,14H2,1-2H3,(H,15,16). The first kappa shape index (κ1) is 11.1. The van der Waals surface area contributed by atoms with E-state index < -0.39 is 5.54 Å². The molecule has 3 heteroatoms. The lowest BCUT2D eigenvalue weighted by Crippen LogP contribution is -2.52. The van der Waals surface area contributed by atoms with Crippen molar-refractivity contribution in [2.45, 2.75) is 38.3 Å². The number of nitrogens with two attached hydrogens (primary N) is 1. The lowest BCUT2D eigenvalue weighted by atomic mass is 10.1. The van der Waals surface area contributed by atoms with E-state index in [1.54, 1.807) is 13.8 Å². The van der Waals surface area contributed by atoms with E-state index >= 15 is 0 Å². The van der Waals surface area contributed by atoms with E-state index in [1.165, 1.54) is 11.1 Å². The van der Waals surface area contributed by atoms with E-state index in [9.17, 15) is 4.79 Å². The summed E-state index contributed by atoms with van der Waals surface area (Å²) in [4.78, 5) is 11.7. The van der Waals surface area contributed by atoms with E-state index in [-0.39, 0.29) is 11.9 Å². The lowest BCUT2D eigenvalue weighted by molar-refractivity contribution is -0.125. The summed E-state index contributed by atoms with van der Waals surface area (Å²) in [5.41, 5.74) is 7.62. The fourth-order valence-electron chi connectivity index (χ4n) is 2.03. The summed E-state index contributed by atoms with van der Waals surface area (Å²) in [6.07, 6.45) is 1.83. The van der Waals surface area contributed by atoms with E-state index in [0.29, 0.717) is 0 Å². The Labute approximate surface area is 96.0 Å². The van der Waals surface area contributed by atoms with Gasteiger partial charge in [0.25, 0.3) is 0 Å². The van der Waals surface area contributed by atoms with E-state index in [1.807, 2.05) is 12.1 Å². The SMILES string of the molecule is CC(C)(N)C(=O)NC1Cc2ccccc2C1. The molecule has 1 aliphatic carbocycles. The van der Waals surface area contributed by atoms with E-state index in [4.69, 9.17) is 5.73 Å². The highest BCUT2D eigenvalue weighted by molar-refractivity contribution is 5.85. The zero-order valence-electron chi connectivity index (χ0n) is 9.79. The van der Waals surface area contributed by atoms with Gasteiger partial charge in [0.15, 0.2) is 0 Å². The third-order valence-corrected chi connectivity index (χ3v) is 2.97. The molecule has 0 bridgehead atoms. The van der Waals surface area contributed by atoms with Crippen molar-refractivity contribution in [2.75, 3.05) is 0 Å². The van der Waals surface area contributed by atoms with E-state index in [0.717, 1.165) is 12.8 Å². The first-order chi connectivity index (χ1) is 7.47. The topological polar surface area (TPSA) is 55.1 Å². The molecule has 0 fully saturated rings. The minimum Gasteiger partial charge on any atom is -0.351 e. The number of benzene rings is 1. The Kier molecular flexibility index (Phi) is 2.72. The highest BCUT2D eigenvalue weighted by Crippen LogP contribution is 2.21. The molecule has 0 saturated heterocycles. The van der Waals surface area contributed by atoms with Crippen molar-refractivity contribution in [1.82, 2.24) is 5.32 Å².